The molecule has 1 heterocycles. The number of carboxylic acid groups (broad SMARTS) is 1. The number of hydrogen-bond acceptors (Lipinski definition) is 5. The lowest BCUT2D eigenvalue weighted by atomic mass is 10.1. The normalized spacial score (nSPS) is 11.3. The number of thiophene rings is 1. The van der Waals surface area contributed by atoms with Gasteiger partial charge < -0.3 is 19.3 Å². The first-order valence-electron chi connectivity index (χ1n) is 9.14. The van der Waals surface area contributed by atoms with Gasteiger partial charge in [-0.2, -0.15) is 0 Å². The predicted molar refractivity (Wildman–Crippen MR) is 110 cm³/mol. The summed E-state index contributed by atoms with van der Waals surface area (Å²) in [5.74, 6) is -0.226. The SMILES string of the molecule is Cc1cc(OCc2sc(-c3ccc(OC(F)(F)F)cc3)cc2C)ccc1OCC(=O)O. The number of halogens is 3. The lowest BCUT2D eigenvalue weighted by Crippen LogP contribution is -2.16. The zero-order valence-electron chi connectivity index (χ0n) is 16.7. The van der Waals surface area contributed by atoms with Crippen LogP contribution in [-0.2, 0) is 11.4 Å². The molecule has 164 valence electrons. The number of carbonyl (C=O) groups is 1. The van der Waals surface area contributed by atoms with Crippen LogP contribution in [0.1, 0.15) is 16.0 Å². The molecule has 31 heavy (non-hydrogen) atoms. The minimum Gasteiger partial charge on any atom is -0.488 e. The van der Waals surface area contributed by atoms with Crippen molar-refractivity contribution in [1.82, 2.24) is 0 Å². The highest BCUT2D eigenvalue weighted by Crippen LogP contribution is 2.34. The fourth-order valence-corrected chi connectivity index (χ4v) is 3.88. The molecule has 0 fully saturated rings. The Morgan fingerprint density at radius 3 is 2.26 bits per heavy atom. The van der Waals surface area contributed by atoms with Gasteiger partial charge in [0, 0.05) is 9.75 Å². The van der Waals surface area contributed by atoms with Gasteiger partial charge in [-0.25, -0.2) is 4.79 Å². The first-order chi connectivity index (χ1) is 14.6. The fraction of sp³-hybridized carbons (Fsp3) is 0.227. The maximum Gasteiger partial charge on any atom is 0.573 e. The first kappa shape index (κ1) is 22.5. The van der Waals surface area contributed by atoms with Crippen molar-refractivity contribution in [2.45, 2.75) is 26.8 Å². The summed E-state index contributed by atoms with van der Waals surface area (Å²) >= 11 is 1.49. The van der Waals surface area contributed by atoms with Crippen molar-refractivity contribution in [1.29, 1.82) is 0 Å². The highest BCUT2D eigenvalue weighted by molar-refractivity contribution is 7.15. The highest BCUT2D eigenvalue weighted by atomic mass is 32.1. The molecule has 1 aromatic heterocycles. The number of carboxylic acids is 1. The molecule has 0 unspecified atom stereocenters. The monoisotopic (exact) mass is 452 g/mol. The summed E-state index contributed by atoms with van der Waals surface area (Å²) in [5.41, 5.74) is 2.54. The maximum absolute atomic E-state index is 12.3. The Kier molecular flexibility index (Phi) is 6.74. The van der Waals surface area contributed by atoms with Crippen molar-refractivity contribution in [3.8, 4) is 27.7 Å². The smallest absolute Gasteiger partial charge is 0.488 e. The minimum absolute atomic E-state index is 0.265. The summed E-state index contributed by atoms with van der Waals surface area (Å²) in [6.45, 7) is 3.64. The summed E-state index contributed by atoms with van der Waals surface area (Å²) in [6, 6.07) is 12.8. The van der Waals surface area contributed by atoms with E-state index in [1.54, 1.807) is 37.3 Å². The topological polar surface area (TPSA) is 65.0 Å². The Labute approximate surface area is 180 Å². The van der Waals surface area contributed by atoms with Crippen LogP contribution in [0, 0.1) is 13.8 Å². The number of aliphatic carboxylic acids is 1. The van der Waals surface area contributed by atoms with Gasteiger partial charge in [0.25, 0.3) is 0 Å². The van der Waals surface area contributed by atoms with Crippen LogP contribution in [0.2, 0.25) is 0 Å². The molecule has 9 heteroatoms. The van der Waals surface area contributed by atoms with Gasteiger partial charge in [-0.05, 0) is 79.1 Å². The molecule has 0 spiro atoms. The van der Waals surface area contributed by atoms with E-state index in [0.29, 0.717) is 18.1 Å². The van der Waals surface area contributed by atoms with Crippen LogP contribution >= 0.6 is 11.3 Å². The Hall–Kier alpha value is -3.20. The minimum atomic E-state index is -4.72. The molecular weight excluding hydrogens is 433 g/mol. The molecule has 0 aliphatic heterocycles. The quantitative estimate of drug-likeness (QED) is 0.456. The molecule has 0 aliphatic rings. The van der Waals surface area contributed by atoms with Crippen LogP contribution in [0.4, 0.5) is 13.2 Å². The molecule has 0 atom stereocenters. The van der Waals surface area contributed by atoms with Gasteiger partial charge in [-0.3, -0.25) is 0 Å². The molecule has 3 aromatic rings. The molecule has 3 rings (SSSR count). The zero-order valence-corrected chi connectivity index (χ0v) is 17.5. The van der Waals surface area contributed by atoms with Crippen LogP contribution in [0.15, 0.2) is 48.5 Å². The van der Waals surface area contributed by atoms with E-state index in [4.69, 9.17) is 14.6 Å². The zero-order chi connectivity index (χ0) is 22.6. The average Bonchev–Trinajstić information content (AvgIpc) is 3.05. The number of benzene rings is 2. The average molecular weight is 452 g/mol. The van der Waals surface area contributed by atoms with Crippen molar-refractivity contribution < 1.29 is 37.3 Å². The van der Waals surface area contributed by atoms with Gasteiger partial charge in [0.1, 0.15) is 23.9 Å². The van der Waals surface area contributed by atoms with E-state index in [-0.39, 0.29) is 5.75 Å². The van der Waals surface area contributed by atoms with Crippen LogP contribution in [0.5, 0.6) is 17.2 Å². The largest absolute Gasteiger partial charge is 0.573 e. The number of rotatable bonds is 8. The van der Waals surface area contributed by atoms with Crippen LogP contribution in [-0.4, -0.2) is 24.0 Å². The van der Waals surface area contributed by atoms with E-state index in [1.165, 1.54) is 23.5 Å². The Bertz CT molecular complexity index is 1060. The van der Waals surface area contributed by atoms with Crippen LogP contribution in [0.3, 0.4) is 0 Å². The number of hydrogen-bond donors (Lipinski definition) is 1. The summed E-state index contributed by atoms with van der Waals surface area (Å²) in [6.07, 6.45) is -4.72. The van der Waals surface area contributed by atoms with Crippen LogP contribution < -0.4 is 14.2 Å². The summed E-state index contributed by atoms with van der Waals surface area (Å²) < 4.78 is 51.8. The molecule has 1 N–H and O–H groups in total. The summed E-state index contributed by atoms with van der Waals surface area (Å²) in [4.78, 5) is 12.5. The van der Waals surface area contributed by atoms with Crippen LogP contribution in [0.25, 0.3) is 10.4 Å². The van der Waals surface area contributed by atoms with E-state index in [1.807, 2.05) is 13.0 Å². The van der Waals surface area contributed by atoms with E-state index < -0.39 is 18.9 Å². The molecule has 0 aliphatic carbocycles. The molecule has 5 nitrogen and oxygen atoms in total. The first-order valence-corrected chi connectivity index (χ1v) is 9.96. The predicted octanol–water partition coefficient (Wildman–Crippen LogP) is 5.97. The second kappa shape index (κ2) is 9.30. The third-order valence-corrected chi connectivity index (χ3v) is 5.52. The summed E-state index contributed by atoms with van der Waals surface area (Å²) in [7, 11) is 0. The van der Waals surface area contributed by atoms with Crippen molar-refractivity contribution in [3.63, 3.8) is 0 Å². The van der Waals surface area contributed by atoms with Crippen molar-refractivity contribution >= 4 is 17.3 Å². The number of ether oxygens (including phenoxy) is 3. The second-order valence-electron chi connectivity index (χ2n) is 6.69. The van der Waals surface area contributed by atoms with E-state index in [0.717, 1.165) is 26.4 Å². The lowest BCUT2D eigenvalue weighted by molar-refractivity contribution is -0.274. The van der Waals surface area contributed by atoms with E-state index in [9.17, 15) is 18.0 Å². The molecule has 0 amide bonds. The Morgan fingerprint density at radius 2 is 1.65 bits per heavy atom. The van der Waals surface area contributed by atoms with Gasteiger partial charge >= 0.3 is 12.3 Å². The van der Waals surface area contributed by atoms with E-state index in [2.05, 4.69) is 4.74 Å². The maximum atomic E-state index is 12.3. The second-order valence-corrected chi connectivity index (χ2v) is 7.82. The molecular formula is C22H19F3O5S. The fourth-order valence-electron chi connectivity index (χ4n) is 2.79. The van der Waals surface area contributed by atoms with Gasteiger partial charge in [0.15, 0.2) is 6.61 Å². The third kappa shape index (κ3) is 6.39. The lowest BCUT2D eigenvalue weighted by Gasteiger charge is -2.10. The van der Waals surface area contributed by atoms with Crippen molar-refractivity contribution in [2.24, 2.45) is 0 Å². The van der Waals surface area contributed by atoms with Gasteiger partial charge in [0.2, 0.25) is 0 Å². The summed E-state index contributed by atoms with van der Waals surface area (Å²) in [5, 5.41) is 8.70. The number of aryl methyl sites for hydroxylation is 2. The molecule has 0 radical (unpaired) electrons. The van der Waals surface area contributed by atoms with Crippen molar-refractivity contribution in [2.75, 3.05) is 6.61 Å². The third-order valence-electron chi connectivity index (χ3n) is 4.26. The molecule has 0 bridgehead atoms. The highest BCUT2D eigenvalue weighted by Gasteiger charge is 2.31. The molecule has 2 aromatic carbocycles. The number of alkyl halides is 3. The standard InChI is InChI=1S/C22H19F3O5S/c1-13-9-17(7-8-18(13)29-12-21(26)27)28-11-20-14(2)10-19(31-20)15-3-5-16(6-4-15)30-22(23,24)25/h3-10H,11-12H2,1-2H3,(H,26,27). The van der Waals surface area contributed by atoms with E-state index >= 15 is 0 Å². The Balaban J connectivity index is 1.65. The molecule has 0 saturated carbocycles. The Morgan fingerprint density at radius 1 is 0.968 bits per heavy atom. The van der Waals surface area contributed by atoms with Gasteiger partial charge in [-0.15, -0.1) is 24.5 Å². The van der Waals surface area contributed by atoms with Gasteiger partial charge in [0.05, 0.1) is 0 Å². The van der Waals surface area contributed by atoms with Crippen molar-refractivity contribution in [3.05, 3.63) is 64.5 Å². The molecule has 0 saturated heterocycles. The van der Waals surface area contributed by atoms with Gasteiger partial charge in [-0.1, -0.05) is 0 Å².